The van der Waals surface area contributed by atoms with Crippen LogP contribution >= 0.6 is 11.3 Å². The van der Waals surface area contributed by atoms with Crippen LogP contribution in [0.5, 0.6) is 0 Å². The number of amides is 1. The molecule has 1 aromatic carbocycles. The third kappa shape index (κ3) is 4.61. The Labute approximate surface area is 197 Å². The SMILES string of the molecule is Cc1sc2ncnc(N3CCC(C(=O)NCc4cccc(Cn5cccn5)c4)CC3)c2c1C. The zero-order chi connectivity index (χ0) is 22.8. The lowest BCUT2D eigenvalue weighted by Crippen LogP contribution is -2.40. The van der Waals surface area contributed by atoms with Crippen molar-refractivity contribution in [1.29, 1.82) is 0 Å². The normalized spacial score (nSPS) is 14.7. The standard InChI is InChI=1S/C25H28N6OS/c1-17-18(2)33-25-22(17)23(27-16-28-25)30-11-7-21(8-12-30)24(32)26-14-19-5-3-6-20(13-19)15-31-10-4-9-29-31/h3-6,9-10,13,16,21H,7-8,11-12,14-15H2,1-2H3,(H,26,32). The molecule has 0 bridgehead atoms. The van der Waals surface area contributed by atoms with Crippen molar-refractivity contribution in [3.8, 4) is 0 Å². The summed E-state index contributed by atoms with van der Waals surface area (Å²) in [6.45, 7) is 7.22. The maximum Gasteiger partial charge on any atom is 0.223 e. The van der Waals surface area contributed by atoms with Crippen LogP contribution in [-0.2, 0) is 17.9 Å². The fourth-order valence-corrected chi connectivity index (χ4v) is 5.50. The van der Waals surface area contributed by atoms with Crippen molar-refractivity contribution in [2.24, 2.45) is 5.92 Å². The highest BCUT2D eigenvalue weighted by Crippen LogP contribution is 2.35. The molecule has 33 heavy (non-hydrogen) atoms. The predicted molar refractivity (Wildman–Crippen MR) is 131 cm³/mol. The van der Waals surface area contributed by atoms with Gasteiger partial charge in [-0.3, -0.25) is 9.48 Å². The van der Waals surface area contributed by atoms with Gasteiger partial charge in [0, 0.05) is 42.8 Å². The van der Waals surface area contributed by atoms with Gasteiger partial charge in [-0.25, -0.2) is 9.97 Å². The molecule has 4 aromatic rings. The fourth-order valence-electron chi connectivity index (χ4n) is 4.51. The molecule has 0 atom stereocenters. The number of aromatic nitrogens is 4. The molecule has 4 heterocycles. The van der Waals surface area contributed by atoms with Crippen molar-refractivity contribution in [2.45, 2.75) is 39.8 Å². The van der Waals surface area contributed by atoms with E-state index in [-0.39, 0.29) is 11.8 Å². The second-order valence-electron chi connectivity index (χ2n) is 8.66. The van der Waals surface area contributed by atoms with Crippen LogP contribution in [0, 0.1) is 19.8 Å². The Balaban J connectivity index is 1.17. The monoisotopic (exact) mass is 460 g/mol. The molecular formula is C25H28N6OS. The third-order valence-electron chi connectivity index (χ3n) is 6.47. The Kier molecular flexibility index (Phi) is 6.09. The van der Waals surface area contributed by atoms with Crippen molar-refractivity contribution in [2.75, 3.05) is 18.0 Å². The summed E-state index contributed by atoms with van der Waals surface area (Å²) in [4.78, 5) is 26.6. The van der Waals surface area contributed by atoms with E-state index in [1.54, 1.807) is 23.9 Å². The van der Waals surface area contributed by atoms with E-state index in [4.69, 9.17) is 0 Å². The van der Waals surface area contributed by atoms with Gasteiger partial charge >= 0.3 is 0 Å². The summed E-state index contributed by atoms with van der Waals surface area (Å²) < 4.78 is 1.90. The molecule has 8 heteroatoms. The molecule has 1 aliphatic heterocycles. The number of aryl methyl sites for hydroxylation is 2. The molecule has 1 N–H and O–H groups in total. The second kappa shape index (κ2) is 9.31. The van der Waals surface area contributed by atoms with Gasteiger partial charge < -0.3 is 10.2 Å². The lowest BCUT2D eigenvalue weighted by Gasteiger charge is -2.32. The predicted octanol–water partition coefficient (Wildman–Crippen LogP) is 4.09. The van der Waals surface area contributed by atoms with Crippen LogP contribution in [0.15, 0.2) is 49.1 Å². The van der Waals surface area contributed by atoms with E-state index in [0.29, 0.717) is 6.54 Å². The lowest BCUT2D eigenvalue weighted by molar-refractivity contribution is -0.125. The summed E-state index contributed by atoms with van der Waals surface area (Å²) in [7, 11) is 0. The van der Waals surface area contributed by atoms with E-state index in [0.717, 1.165) is 54.1 Å². The van der Waals surface area contributed by atoms with E-state index in [1.807, 2.05) is 23.0 Å². The van der Waals surface area contributed by atoms with Gasteiger partial charge in [-0.2, -0.15) is 5.10 Å². The topological polar surface area (TPSA) is 75.9 Å². The Hall–Kier alpha value is -3.26. The summed E-state index contributed by atoms with van der Waals surface area (Å²) in [6, 6.07) is 10.2. The smallest absolute Gasteiger partial charge is 0.223 e. The summed E-state index contributed by atoms with van der Waals surface area (Å²) >= 11 is 1.72. The summed E-state index contributed by atoms with van der Waals surface area (Å²) in [5.41, 5.74) is 3.55. The zero-order valence-electron chi connectivity index (χ0n) is 19.0. The molecule has 1 aliphatic rings. The fraction of sp³-hybridized carbons (Fsp3) is 0.360. The number of hydrogen-bond acceptors (Lipinski definition) is 6. The Morgan fingerprint density at radius 2 is 1.97 bits per heavy atom. The first-order valence-electron chi connectivity index (χ1n) is 11.4. The molecule has 0 unspecified atom stereocenters. The summed E-state index contributed by atoms with van der Waals surface area (Å²) in [5, 5.41) is 8.58. The summed E-state index contributed by atoms with van der Waals surface area (Å²) in [5.74, 6) is 1.19. The van der Waals surface area contributed by atoms with Crippen LogP contribution in [0.3, 0.4) is 0 Å². The molecule has 0 saturated carbocycles. The number of carbonyl (C=O) groups is 1. The van der Waals surface area contributed by atoms with Gasteiger partial charge in [0.15, 0.2) is 0 Å². The highest BCUT2D eigenvalue weighted by atomic mass is 32.1. The van der Waals surface area contributed by atoms with Crippen LogP contribution in [-0.4, -0.2) is 38.7 Å². The molecule has 1 amide bonds. The lowest BCUT2D eigenvalue weighted by atomic mass is 9.95. The van der Waals surface area contributed by atoms with Gasteiger partial charge in [-0.1, -0.05) is 24.3 Å². The van der Waals surface area contributed by atoms with E-state index in [1.165, 1.54) is 16.0 Å². The molecule has 0 radical (unpaired) electrons. The van der Waals surface area contributed by atoms with Gasteiger partial charge in [0.25, 0.3) is 0 Å². The molecule has 3 aromatic heterocycles. The highest BCUT2D eigenvalue weighted by Gasteiger charge is 2.27. The van der Waals surface area contributed by atoms with Crippen LogP contribution < -0.4 is 10.2 Å². The molecule has 7 nitrogen and oxygen atoms in total. The third-order valence-corrected chi connectivity index (χ3v) is 7.59. The Morgan fingerprint density at radius 3 is 2.76 bits per heavy atom. The quantitative estimate of drug-likeness (QED) is 0.469. The average molecular weight is 461 g/mol. The van der Waals surface area contributed by atoms with Crippen LogP contribution in [0.2, 0.25) is 0 Å². The zero-order valence-corrected chi connectivity index (χ0v) is 19.8. The number of piperidine rings is 1. The molecule has 5 rings (SSSR count). The van der Waals surface area contributed by atoms with E-state index >= 15 is 0 Å². The van der Waals surface area contributed by atoms with Crippen LogP contribution in [0.1, 0.15) is 34.4 Å². The molecule has 0 aliphatic carbocycles. The Bertz CT molecular complexity index is 1260. The number of rotatable bonds is 6. The van der Waals surface area contributed by atoms with Gasteiger partial charge in [0.2, 0.25) is 5.91 Å². The number of fused-ring (bicyclic) bond motifs is 1. The number of thiophene rings is 1. The second-order valence-corrected chi connectivity index (χ2v) is 9.87. The highest BCUT2D eigenvalue weighted by molar-refractivity contribution is 7.18. The largest absolute Gasteiger partial charge is 0.356 e. The minimum absolute atomic E-state index is 0.0381. The number of nitrogens with zero attached hydrogens (tertiary/aromatic N) is 5. The van der Waals surface area contributed by atoms with Crippen LogP contribution in [0.25, 0.3) is 10.2 Å². The Morgan fingerprint density at radius 1 is 1.15 bits per heavy atom. The van der Waals surface area contributed by atoms with E-state index in [9.17, 15) is 4.79 Å². The van der Waals surface area contributed by atoms with Gasteiger partial charge in [0.1, 0.15) is 17.0 Å². The molecule has 1 saturated heterocycles. The van der Waals surface area contributed by atoms with E-state index in [2.05, 4.69) is 57.3 Å². The first kappa shape index (κ1) is 21.6. The van der Waals surface area contributed by atoms with Crippen molar-refractivity contribution >= 4 is 33.3 Å². The average Bonchev–Trinajstić information content (AvgIpc) is 3.45. The number of nitrogens with one attached hydrogen (secondary N) is 1. The van der Waals surface area contributed by atoms with Crippen molar-refractivity contribution in [3.63, 3.8) is 0 Å². The van der Waals surface area contributed by atoms with Gasteiger partial charge in [0.05, 0.1) is 11.9 Å². The molecule has 170 valence electrons. The molecule has 1 fully saturated rings. The minimum atomic E-state index is 0.0381. The van der Waals surface area contributed by atoms with Gasteiger partial charge in [-0.15, -0.1) is 11.3 Å². The van der Waals surface area contributed by atoms with Gasteiger partial charge in [-0.05, 0) is 49.4 Å². The van der Waals surface area contributed by atoms with Crippen molar-refractivity contribution in [3.05, 3.63) is 70.6 Å². The summed E-state index contributed by atoms with van der Waals surface area (Å²) in [6.07, 6.45) is 7.06. The maximum atomic E-state index is 12.9. The van der Waals surface area contributed by atoms with Crippen LogP contribution in [0.4, 0.5) is 5.82 Å². The number of carbonyl (C=O) groups excluding carboxylic acids is 1. The first-order chi connectivity index (χ1) is 16.1. The molecule has 0 spiro atoms. The molecular weight excluding hydrogens is 432 g/mol. The maximum absolute atomic E-state index is 12.9. The van der Waals surface area contributed by atoms with Crippen molar-refractivity contribution in [1.82, 2.24) is 25.1 Å². The first-order valence-corrected chi connectivity index (χ1v) is 12.2. The number of benzene rings is 1. The number of anilines is 1. The minimum Gasteiger partial charge on any atom is -0.356 e. The van der Waals surface area contributed by atoms with Crippen molar-refractivity contribution < 1.29 is 4.79 Å². The van der Waals surface area contributed by atoms with E-state index < -0.39 is 0 Å². The number of hydrogen-bond donors (Lipinski definition) is 1.